The Bertz CT molecular complexity index is 505. The van der Waals surface area contributed by atoms with Gasteiger partial charge in [-0.1, -0.05) is 12.1 Å². The molecule has 0 unspecified atom stereocenters. The molecule has 1 aliphatic rings. The van der Waals surface area contributed by atoms with Crippen molar-refractivity contribution in [1.29, 1.82) is 0 Å². The van der Waals surface area contributed by atoms with Gasteiger partial charge in [0.05, 0.1) is 0 Å². The van der Waals surface area contributed by atoms with E-state index in [1.54, 1.807) is 0 Å². The van der Waals surface area contributed by atoms with Gasteiger partial charge in [0.25, 0.3) is 0 Å². The Morgan fingerprint density at radius 1 is 1.22 bits per heavy atom. The minimum Gasteiger partial charge on any atom is -0.381 e. The number of ether oxygens (including phenoxy) is 1. The number of hydrogen-bond acceptors (Lipinski definition) is 2. The van der Waals surface area contributed by atoms with Gasteiger partial charge in [-0.2, -0.15) is 0 Å². The second-order valence-corrected chi connectivity index (χ2v) is 4.80. The molecule has 4 heteroatoms. The first kappa shape index (κ1) is 13.4. The van der Waals surface area contributed by atoms with Gasteiger partial charge in [-0.05, 0) is 41.8 Å². The largest absolute Gasteiger partial charge is 0.381 e. The molecule has 0 saturated carbocycles. The minimum atomic E-state index is 0. The molecule has 0 spiro atoms. The first-order valence-electron chi connectivity index (χ1n) is 6.25. The Balaban J connectivity index is 0.00000120. The summed E-state index contributed by atoms with van der Waals surface area (Å²) in [6, 6.07) is 8.68. The molecule has 0 bridgehead atoms. The highest BCUT2D eigenvalue weighted by molar-refractivity contribution is 5.85. The molecule has 0 aliphatic carbocycles. The average molecular weight is 267 g/mol. The Hall–Kier alpha value is -1.03. The summed E-state index contributed by atoms with van der Waals surface area (Å²) in [6.07, 6.45) is 4.11. The number of fused-ring (bicyclic) bond motifs is 1. The summed E-state index contributed by atoms with van der Waals surface area (Å²) in [6.45, 7) is 1.70. The van der Waals surface area contributed by atoms with Gasteiger partial charge in [0.2, 0.25) is 0 Å². The molecular formula is C14H19ClN2O. The molecule has 1 atom stereocenters. The lowest BCUT2D eigenvalue weighted by molar-refractivity contribution is 0.0584. The van der Waals surface area contributed by atoms with Gasteiger partial charge < -0.3 is 15.5 Å². The topological polar surface area (TPSA) is 51.0 Å². The molecule has 1 fully saturated rings. The van der Waals surface area contributed by atoms with Crippen molar-refractivity contribution in [3.05, 3.63) is 36.0 Å². The molecule has 1 aliphatic heterocycles. The second-order valence-electron chi connectivity index (χ2n) is 4.80. The van der Waals surface area contributed by atoms with Gasteiger partial charge in [0.1, 0.15) is 0 Å². The van der Waals surface area contributed by atoms with Gasteiger partial charge in [0, 0.05) is 31.0 Å². The summed E-state index contributed by atoms with van der Waals surface area (Å²) in [7, 11) is 0. The van der Waals surface area contributed by atoms with E-state index in [0.29, 0.717) is 5.92 Å². The normalized spacial score (nSPS) is 18.5. The number of aromatic nitrogens is 1. The Morgan fingerprint density at radius 3 is 2.78 bits per heavy atom. The van der Waals surface area contributed by atoms with Crippen molar-refractivity contribution < 1.29 is 4.74 Å². The van der Waals surface area contributed by atoms with Crippen molar-refractivity contribution in [1.82, 2.24) is 4.98 Å². The maximum atomic E-state index is 6.36. The maximum Gasteiger partial charge on any atom is 0.0469 e. The fraction of sp³-hybridized carbons (Fsp3) is 0.429. The zero-order valence-corrected chi connectivity index (χ0v) is 11.1. The van der Waals surface area contributed by atoms with Crippen molar-refractivity contribution in [2.24, 2.45) is 11.7 Å². The van der Waals surface area contributed by atoms with Gasteiger partial charge in [-0.15, -0.1) is 12.4 Å². The lowest BCUT2D eigenvalue weighted by Crippen LogP contribution is -2.27. The quantitative estimate of drug-likeness (QED) is 0.878. The predicted octanol–water partition coefficient (Wildman–Crippen LogP) is 3.02. The summed E-state index contributed by atoms with van der Waals surface area (Å²) in [5.74, 6) is 0.552. The highest BCUT2D eigenvalue weighted by Crippen LogP contribution is 2.29. The van der Waals surface area contributed by atoms with Gasteiger partial charge in [0.15, 0.2) is 0 Å². The molecule has 3 rings (SSSR count). The molecule has 1 aromatic carbocycles. The summed E-state index contributed by atoms with van der Waals surface area (Å²) in [5.41, 5.74) is 8.76. The van der Waals surface area contributed by atoms with Crippen molar-refractivity contribution in [3.8, 4) is 0 Å². The van der Waals surface area contributed by atoms with E-state index >= 15 is 0 Å². The van der Waals surface area contributed by atoms with Crippen molar-refractivity contribution in [2.75, 3.05) is 13.2 Å². The smallest absolute Gasteiger partial charge is 0.0469 e. The number of nitrogens with two attached hydrogens (primary N) is 1. The molecular weight excluding hydrogens is 248 g/mol. The third kappa shape index (κ3) is 2.53. The van der Waals surface area contributed by atoms with Crippen LogP contribution in [-0.2, 0) is 4.74 Å². The third-order valence-electron chi connectivity index (χ3n) is 3.74. The third-order valence-corrected chi connectivity index (χ3v) is 3.74. The molecule has 18 heavy (non-hydrogen) atoms. The molecule has 0 amide bonds. The standard InChI is InChI=1S/C14H18N2O.ClH/c15-14(11-4-7-17-8-5-11)12-2-1-10-3-6-16-13(10)9-12;/h1-3,6,9,11,14,16H,4-5,7-8,15H2;1H/t14-;/m0./s1. The van der Waals surface area contributed by atoms with E-state index in [1.165, 1.54) is 16.5 Å². The van der Waals surface area contributed by atoms with Crippen LogP contribution in [0.2, 0.25) is 0 Å². The van der Waals surface area contributed by atoms with Crippen LogP contribution < -0.4 is 5.73 Å². The van der Waals surface area contributed by atoms with Crippen LogP contribution in [0.3, 0.4) is 0 Å². The van der Waals surface area contributed by atoms with Crippen LogP contribution in [0.4, 0.5) is 0 Å². The highest BCUT2D eigenvalue weighted by atomic mass is 35.5. The number of aromatic amines is 1. The zero-order chi connectivity index (χ0) is 11.7. The number of hydrogen-bond donors (Lipinski definition) is 2. The van der Waals surface area contributed by atoms with Crippen LogP contribution in [0.1, 0.15) is 24.4 Å². The van der Waals surface area contributed by atoms with E-state index in [4.69, 9.17) is 10.5 Å². The first-order chi connectivity index (χ1) is 8.34. The zero-order valence-electron chi connectivity index (χ0n) is 10.3. The van der Waals surface area contributed by atoms with Crippen LogP contribution in [0, 0.1) is 5.92 Å². The van der Waals surface area contributed by atoms with Crippen LogP contribution in [0.5, 0.6) is 0 Å². The van der Waals surface area contributed by atoms with E-state index in [1.807, 2.05) is 6.20 Å². The second kappa shape index (κ2) is 5.74. The van der Waals surface area contributed by atoms with Crippen LogP contribution in [-0.4, -0.2) is 18.2 Å². The lowest BCUT2D eigenvalue weighted by atomic mass is 9.87. The van der Waals surface area contributed by atoms with Gasteiger partial charge in [-0.3, -0.25) is 0 Å². The predicted molar refractivity (Wildman–Crippen MR) is 76.0 cm³/mol. The van der Waals surface area contributed by atoms with Gasteiger partial charge in [-0.25, -0.2) is 0 Å². The van der Waals surface area contributed by atoms with Crippen molar-refractivity contribution >= 4 is 23.3 Å². The number of H-pyrrole nitrogens is 1. The summed E-state index contributed by atoms with van der Waals surface area (Å²) in [4.78, 5) is 3.24. The maximum absolute atomic E-state index is 6.36. The van der Waals surface area contributed by atoms with Crippen molar-refractivity contribution in [3.63, 3.8) is 0 Å². The average Bonchev–Trinajstić information content (AvgIpc) is 2.86. The number of benzene rings is 1. The van der Waals surface area contributed by atoms with E-state index < -0.39 is 0 Å². The lowest BCUT2D eigenvalue weighted by Gasteiger charge is -2.27. The Labute approximate surface area is 113 Å². The SMILES string of the molecule is Cl.N[C@H](c1ccc2cc[nH]c2c1)C1CCOCC1. The van der Waals surface area contributed by atoms with Crippen LogP contribution in [0.15, 0.2) is 30.5 Å². The fourth-order valence-electron chi connectivity index (χ4n) is 2.62. The molecule has 3 nitrogen and oxygen atoms in total. The van der Waals surface area contributed by atoms with E-state index in [2.05, 4.69) is 29.2 Å². The summed E-state index contributed by atoms with van der Waals surface area (Å²) < 4.78 is 5.38. The van der Waals surface area contributed by atoms with Crippen LogP contribution in [0.25, 0.3) is 10.9 Å². The molecule has 2 heterocycles. The first-order valence-corrected chi connectivity index (χ1v) is 6.25. The molecule has 1 saturated heterocycles. The molecule has 2 aromatic rings. The molecule has 0 radical (unpaired) electrons. The van der Waals surface area contributed by atoms with E-state index in [9.17, 15) is 0 Å². The van der Waals surface area contributed by atoms with E-state index in [-0.39, 0.29) is 18.4 Å². The van der Waals surface area contributed by atoms with E-state index in [0.717, 1.165) is 26.1 Å². The Morgan fingerprint density at radius 2 is 2.00 bits per heavy atom. The summed E-state index contributed by atoms with van der Waals surface area (Å²) in [5, 5.41) is 1.24. The monoisotopic (exact) mass is 266 g/mol. The molecule has 3 N–H and O–H groups in total. The molecule has 1 aromatic heterocycles. The summed E-state index contributed by atoms with van der Waals surface area (Å²) >= 11 is 0. The van der Waals surface area contributed by atoms with Crippen molar-refractivity contribution in [2.45, 2.75) is 18.9 Å². The van der Waals surface area contributed by atoms with Crippen LogP contribution >= 0.6 is 12.4 Å². The molecule has 98 valence electrons. The fourth-order valence-corrected chi connectivity index (χ4v) is 2.62. The number of halogens is 1. The highest BCUT2D eigenvalue weighted by Gasteiger charge is 2.22. The number of rotatable bonds is 2. The minimum absolute atomic E-state index is 0. The van der Waals surface area contributed by atoms with Gasteiger partial charge >= 0.3 is 0 Å². The Kier molecular flexibility index (Phi) is 4.27. The number of nitrogens with one attached hydrogen (secondary N) is 1.